The molecule has 1 fully saturated rings. The highest BCUT2D eigenvalue weighted by Gasteiger charge is 2.39. The fourth-order valence-corrected chi connectivity index (χ4v) is 3.40. The van der Waals surface area contributed by atoms with Gasteiger partial charge in [0.1, 0.15) is 0 Å². The lowest BCUT2D eigenvalue weighted by Gasteiger charge is -2.17. The highest BCUT2D eigenvalue weighted by molar-refractivity contribution is 14.0. The predicted molar refractivity (Wildman–Crippen MR) is 129 cm³/mol. The van der Waals surface area contributed by atoms with E-state index in [4.69, 9.17) is 25.8 Å². The lowest BCUT2D eigenvalue weighted by molar-refractivity contribution is 0.324. The van der Waals surface area contributed by atoms with Crippen LogP contribution in [0.15, 0.2) is 41.4 Å². The average molecular weight is 532 g/mol. The highest BCUT2D eigenvalue weighted by Crippen LogP contribution is 2.42. The summed E-state index contributed by atoms with van der Waals surface area (Å²) in [6.45, 7) is 2.66. The maximum Gasteiger partial charge on any atom is 0.203 e. The zero-order valence-corrected chi connectivity index (χ0v) is 20.1. The fraction of sp³-hybridized carbons (Fsp3) is 0.381. The van der Waals surface area contributed by atoms with Gasteiger partial charge in [0.25, 0.3) is 0 Å². The molecule has 1 aliphatic rings. The first-order valence-electron chi connectivity index (χ1n) is 9.23. The van der Waals surface area contributed by atoms with E-state index in [0.29, 0.717) is 41.7 Å². The molecule has 1 saturated carbocycles. The van der Waals surface area contributed by atoms with E-state index in [-0.39, 0.29) is 24.0 Å². The Morgan fingerprint density at radius 3 is 2.34 bits per heavy atom. The van der Waals surface area contributed by atoms with Gasteiger partial charge in [-0.1, -0.05) is 23.7 Å². The van der Waals surface area contributed by atoms with Gasteiger partial charge in [-0.15, -0.1) is 24.0 Å². The molecule has 2 unspecified atom stereocenters. The summed E-state index contributed by atoms with van der Waals surface area (Å²) in [6, 6.07) is 12.1. The number of anilines is 1. The lowest BCUT2D eigenvalue weighted by Crippen LogP contribution is -2.33. The SMILES string of the molecule is CCN=C(Nc1cc(OC)c(OC)c(OC)c1)NC1CC1c1cccc(Cl)c1.I. The smallest absolute Gasteiger partial charge is 0.203 e. The summed E-state index contributed by atoms with van der Waals surface area (Å²) in [5.41, 5.74) is 2.04. The van der Waals surface area contributed by atoms with E-state index in [1.165, 1.54) is 5.56 Å². The largest absolute Gasteiger partial charge is 0.493 e. The molecular weight excluding hydrogens is 505 g/mol. The summed E-state index contributed by atoms with van der Waals surface area (Å²) in [4.78, 5) is 4.55. The van der Waals surface area contributed by atoms with Crippen molar-refractivity contribution in [1.29, 1.82) is 0 Å². The van der Waals surface area contributed by atoms with Gasteiger partial charge in [0, 0.05) is 41.3 Å². The molecule has 0 amide bonds. The van der Waals surface area contributed by atoms with Crippen molar-refractivity contribution in [2.24, 2.45) is 4.99 Å². The third-order valence-electron chi connectivity index (χ3n) is 4.63. The number of halogens is 2. The molecule has 0 radical (unpaired) electrons. The minimum absolute atomic E-state index is 0. The van der Waals surface area contributed by atoms with Gasteiger partial charge in [-0.3, -0.25) is 4.99 Å². The molecule has 2 aromatic rings. The Balaban J connectivity index is 0.00000300. The van der Waals surface area contributed by atoms with Gasteiger partial charge in [0.05, 0.1) is 21.3 Å². The molecule has 3 rings (SSSR count). The first-order chi connectivity index (χ1) is 13.6. The molecule has 0 heterocycles. The van der Waals surface area contributed by atoms with Gasteiger partial charge in [0.2, 0.25) is 5.75 Å². The number of hydrogen-bond donors (Lipinski definition) is 2. The van der Waals surface area contributed by atoms with Crippen LogP contribution < -0.4 is 24.8 Å². The quantitative estimate of drug-likeness (QED) is 0.302. The summed E-state index contributed by atoms with van der Waals surface area (Å²) in [7, 11) is 4.78. The molecule has 0 aliphatic heterocycles. The molecule has 0 bridgehead atoms. The second-order valence-corrected chi connectivity index (χ2v) is 6.95. The van der Waals surface area contributed by atoms with Crippen LogP contribution in [0, 0.1) is 0 Å². The zero-order chi connectivity index (χ0) is 20.1. The van der Waals surface area contributed by atoms with Crippen LogP contribution in [0.5, 0.6) is 17.2 Å². The predicted octanol–water partition coefficient (Wildman–Crippen LogP) is 4.92. The maximum absolute atomic E-state index is 6.12. The number of methoxy groups -OCH3 is 3. The molecule has 0 spiro atoms. The maximum atomic E-state index is 6.12. The third-order valence-corrected chi connectivity index (χ3v) is 4.87. The topological polar surface area (TPSA) is 64.1 Å². The van der Waals surface area contributed by atoms with E-state index in [0.717, 1.165) is 17.1 Å². The fourth-order valence-electron chi connectivity index (χ4n) is 3.21. The zero-order valence-electron chi connectivity index (χ0n) is 17.0. The average Bonchev–Trinajstić information content (AvgIpc) is 3.46. The van der Waals surface area contributed by atoms with Gasteiger partial charge in [-0.05, 0) is 31.0 Å². The van der Waals surface area contributed by atoms with Crippen LogP contribution in [-0.2, 0) is 0 Å². The minimum Gasteiger partial charge on any atom is -0.493 e. The third kappa shape index (κ3) is 5.82. The second kappa shape index (κ2) is 10.8. The molecular formula is C21H27ClIN3O3. The Bertz CT molecular complexity index is 838. The molecule has 1 aliphatic carbocycles. The Morgan fingerprint density at radius 2 is 1.79 bits per heavy atom. The number of ether oxygens (including phenoxy) is 3. The summed E-state index contributed by atoms with van der Waals surface area (Å²) in [5, 5.41) is 7.59. The van der Waals surface area contributed by atoms with E-state index < -0.39 is 0 Å². The standard InChI is InChI=1S/C21H26ClN3O3.HI/c1-5-23-21(25-17-12-16(17)13-7-6-8-14(22)9-13)24-15-10-18(26-2)20(28-4)19(11-15)27-3;/h6-11,16-17H,5,12H2,1-4H3,(H2,23,24,25);1H. The van der Waals surface area contributed by atoms with Crippen molar-refractivity contribution >= 4 is 47.2 Å². The Labute approximate surface area is 194 Å². The molecule has 6 nitrogen and oxygen atoms in total. The van der Waals surface area contributed by atoms with Crippen molar-refractivity contribution in [2.75, 3.05) is 33.2 Å². The monoisotopic (exact) mass is 531 g/mol. The Morgan fingerprint density at radius 1 is 1.10 bits per heavy atom. The summed E-state index contributed by atoms with van der Waals surface area (Å²) < 4.78 is 16.2. The first-order valence-corrected chi connectivity index (χ1v) is 9.60. The molecule has 0 saturated heterocycles. The number of guanidine groups is 1. The van der Waals surface area contributed by atoms with Crippen molar-refractivity contribution in [3.8, 4) is 17.2 Å². The normalized spacial score (nSPS) is 17.8. The second-order valence-electron chi connectivity index (χ2n) is 6.51. The van der Waals surface area contributed by atoms with Crippen LogP contribution in [0.2, 0.25) is 5.02 Å². The Hall–Kier alpha value is -1.87. The number of rotatable bonds is 7. The highest BCUT2D eigenvalue weighted by atomic mass is 127. The number of nitrogens with zero attached hydrogens (tertiary/aromatic N) is 1. The summed E-state index contributed by atoms with van der Waals surface area (Å²) >= 11 is 6.12. The molecule has 8 heteroatoms. The molecule has 0 aromatic heterocycles. The van der Waals surface area contributed by atoms with E-state index >= 15 is 0 Å². The van der Waals surface area contributed by atoms with E-state index in [1.807, 2.05) is 37.3 Å². The van der Waals surface area contributed by atoms with Gasteiger partial charge >= 0.3 is 0 Å². The molecule has 158 valence electrons. The van der Waals surface area contributed by atoms with Crippen molar-refractivity contribution < 1.29 is 14.2 Å². The lowest BCUT2D eigenvalue weighted by atomic mass is 10.1. The molecule has 29 heavy (non-hydrogen) atoms. The Kier molecular flexibility index (Phi) is 8.70. The van der Waals surface area contributed by atoms with Crippen LogP contribution >= 0.6 is 35.6 Å². The van der Waals surface area contributed by atoms with Crippen molar-refractivity contribution in [2.45, 2.75) is 25.3 Å². The first kappa shape index (κ1) is 23.4. The van der Waals surface area contributed by atoms with Crippen molar-refractivity contribution in [3.63, 3.8) is 0 Å². The van der Waals surface area contributed by atoms with Crippen LogP contribution in [0.25, 0.3) is 0 Å². The van der Waals surface area contributed by atoms with Crippen LogP contribution in [0.4, 0.5) is 5.69 Å². The molecule has 2 N–H and O–H groups in total. The van der Waals surface area contributed by atoms with Crippen LogP contribution in [-0.4, -0.2) is 39.9 Å². The molecule has 2 aromatic carbocycles. The van der Waals surface area contributed by atoms with Crippen LogP contribution in [0.3, 0.4) is 0 Å². The van der Waals surface area contributed by atoms with Gasteiger partial charge in [-0.25, -0.2) is 0 Å². The van der Waals surface area contributed by atoms with Crippen LogP contribution in [0.1, 0.15) is 24.8 Å². The van der Waals surface area contributed by atoms with Gasteiger partial charge in [-0.2, -0.15) is 0 Å². The summed E-state index contributed by atoms with van der Waals surface area (Å²) in [6.07, 6.45) is 1.04. The van der Waals surface area contributed by atoms with E-state index in [2.05, 4.69) is 21.7 Å². The van der Waals surface area contributed by atoms with Crippen molar-refractivity contribution in [3.05, 3.63) is 47.0 Å². The number of nitrogens with one attached hydrogen (secondary N) is 2. The van der Waals surface area contributed by atoms with Gasteiger partial charge in [0.15, 0.2) is 17.5 Å². The minimum atomic E-state index is 0. The summed E-state index contributed by atoms with van der Waals surface area (Å²) in [5.74, 6) is 2.88. The van der Waals surface area contributed by atoms with Crippen molar-refractivity contribution in [1.82, 2.24) is 5.32 Å². The number of benzene rings is 2. The molecule has 2 atom stereocenters. The van der Waals surface area contributed by atoms with E-state index in [9.17, 15) is 0 Å². The number of aliphatic imine (C=N–C) groups is 1. The van der Waals surface area contributed by atoms with E-state index in [1.54, 1.807) is 21.3 Å². The number of hydrogen-bond acceptors (Lipinski definition) is 4. The van der Waals surface area contributed by atoms with Gasteiger partial charge < -0.3 is 24.8 Å².